The third-order valence-corrected chi connectivity index (χ3v) is 5.74. The highest BCUT2D eigenvalue weighted by atomic mass is 16.5. The van der Waals surface area contributed by atoms with Gasteiger partial charge in [-0.3, -0.25) is 4.79 Å². The molecular weight excluding hydrogens is 394 g/mol. The molecule has 162 valence electrons. The molecule has 3 aromatic rings. The zero-order chi connectivity index (χ0) is 22.0. The highest BCUT2D eigenvalue weighted by molar-refractivity contribution is 6.01. The van der Waals surface area contributed by atoms with E-state index in [1.165, 1.54) is 0 Å². The second-order valence-electron chi connectivity index (χ2n) is 7.60. The van der Waals surface area contributed by atoms with Crippen molar-refractivity contribution in [2.75, 3.05) is 40.5 Å². The molecule has 1 aromatic heterocycles. The summed E-state index contributed by atoms with van der Waals surface area (Å²) in [5.41, 5.74) is 5.42. The predicted molar refractivity (Wildman–Crippen MR) is 121 cm³/mol. The number of amides is 1. The van der Waals surface area contributed by atoms with Crippen LogP contribution in [0.1, 0.15) is 18.1 Å². The Morgan fingerprint density at radius 1 is 1.10 bits per heavy atom. The van der Waals surface area contributed by atoms with Crippen molar-refractivity contribution in [1.29, 1.82) is 0 Å². The Morgan fingerprint density at radius 3 is 2.45 bits per heavy atom. The van der Waals surface area contributed by atoms with Gasteiger partial charge >= 0.3 is 0 Å². The summed E-state index contributed by atoms with van der Waals surface area (Å²) in [4.78, 5) is 14.6. The lowest BCUT2D eigenvalue weighted by molar-refractivity contribution is -0.129. The number of nitrogens with zero attached hydrogens (tertiary/aromatic N) is 1. The summed E-state index contributed by atoms with van der Waals surface area (Å²) < 4.78 is 22.3. The van der Waals surface area contributed by atoms with E-state index < -0.39 is 0 Å². The average Bonchev–Trinajstić information content (AvgIpc) is 3.24. The second kappa shape index (κ2) is 8.86. The fraction of sp³-hybridized carbons (Fsp3) is 0.320. The summed E-state index contributed by atoms with van der Waals surface area (Å²) >= 11 is 0. The van der Waals surface area contributed by atoms with Crippen LogP contribution in [0.3, 0.4) is 0 Å². The summed E-state index contributed by atoms with van der Waals surface area (Å²) in [6.07, 6.45) is 3.45. The van der Waals surface area contributed by atoms with Crippen LogP contribution in [0, 0.1) is 6.92 Å². The Bertz CT molecular complexity index is 1120. The van der Waals surface area contributed by atoms with E-state index in [0.717, 1.165) is 44.5 Å². The quantitative estimate of drug-likeness (QED) is 0.560. The van der Waals surface area contributed by atoms with Crippen molar-refractivity contribution in [2.45, 2.75) is 13.8 Å². The largest absolute Gasteiger partial charge is 0.497 e. The molecule has 0 radical (unpaired) electrons. The van der Waals surface area contributed by atoms with Gasteiger partial charge in [-0.2, -0.15) is 0 Å². The molecule has 1 fully saturated rings. The minimum absolute atomic E-state index is 0.0109. The number of ether oxygens (including phenoxy) is 3. The van der Waals surface area contributed by atoms with Crippen LogP contribution < -0.4 is 9.47 Å². The fourth-order valence-corrected chi connectivity index (χ4v) is 4.00. The van der Waals surface area contributed by atoms with Gasteiger partial charge in [-0.15, -0.1) is 0 Å². The molecule has 1 amide bonds. The summed E-state index contributed by atoms with van der Waals surface area (Å²) in [5.74, 6) is 1.50. The molecule has 0 spiro atoms. The Kier molecular flexibility index (Phi) is 6.00. The van der Waals surface area contributed by atoms with Crippen LogP contribution in [-0.4, -0.2) is 51.3 Å². The number of carbonyl (C=O) groups is 1. The fourth-order valence-electron chi connectivity index (χ4n) is 4.00. The number of aryl methyl sites for hydroxylation is 1. The first-order valence-electron chi connectivity index (χ1n) is 10.3. The maximum atomic E-state index is 12.8. The SMILES string of the molecule is COc1ccc(-c2coc3c(C)c(OC)c(/C(C)=C/C(=O)N4CCOCC4)cc23)cc1. The molecular formula is C25H27NO5. The molecule has 31 heavy (non-hydrogen) atoms. The highest BCUT2D eigenvalue weighted by Gasteiger charge is 2.20. The smallest absolute Gasteiger partial charge is 0.247 e. The van der Waals surface area contributed by atoms with Gasteiger partial charge < -0.3 is 23.5 Å². The number of fused-ring (bicyclic) bond motifs is 1. The number of hydrogen-bond donors (Lipinski definition) is 0. The van der Waals surface area contributed by atoms with Crippen molar-refractivity contribution in [2.24, 2.45) is 0 Å². The molecule has 2 heterocycles. The van der Waals surface area contributed by atoms with Gasteiger partial charge in [-0.25, -0.2) is 0 Å². The van der Waals surface area contributed by atoms with Crippen molar-refractivity contribution in [1.82, 2.24) is 4.90 Å². The molecule has 0 bridgehead atoms. The van der Waals surface area contributed by atoms with Gasteiger partial charge in [0, 0.05) is 41.2 Å². The average molecular weight is 421 g/mol. The van der Waals surface area contributed by atoms with Gasteiger partial charge in [-0.05, 0) is 43.2 Å². The van der Waals surface area contributed by atoms with Gasteiger partial charge in [0.05, 0.1) is 33.7 Å². The minimum Gasteiger partial charge on any atom is -0.497 e. The van der Waals surface area contributed by atoms with Crippen LogP contribution in [0.4, 0.5) is 0 Å². The molecule has 6 nitrogen and oxygen atoms in total. The Morgan fingerprint density at radius 2 is 1.81 bits per heavy atom. The maximum Gasteiger partial charge on any atom is 0.247 e. The molecule has 1 saturated heterocycles. The highest BCUT2D eigenvalue weighted by Crippen LogP contribution is 2.40. The van der Waals surface area contributed by atoms with Gasteiger partial charge in [0.2, 0.25) is 5.91 Å². The zero-order valence-corrected chi connectivity index (χ0v) is 18.4. The number of furan rings is 1. The lowest BCUT2D eigenvalue weighted by atomic mass is 9.96. The number of benzene rings is 2. The molecule has 0 saturated carbocycles. The number of carbonyl (C=O) groups excluding carboxylic acids is 1. The second-order valence-corrected chi connectivity index (χ2v) is 7.60. The van der Waals surface area contributed by atoms with E-state index >= 15 is 0 Å². The molecule has 1 aliphatic rings. The number of rotatable bonds is 5. The van der Waals surface area contributed by atoms with Crippen LogP contribution in [0.25, 0.3) is 27.7 Å². The third kappa shape index (κ3) is 4.03. The Hall–Kier alpha value is -3.25. The van der Waals surface area contributed by atoms with Crippen LogP contribution in [0.15, 0.2) is 47.1 Å². The number of hydrogen-bond acceptors (Lipinski definition) is 5. The molecule has 6 heteroatoms. The van der Waals surface area contributed by atoms with Crippen LogP contribution in [0.5, 0.6) is 11.5 Å². The van der Waals surface area contributed by atoms with E-state index in [9.17, 15) is 4.79 Å². The molecule has 0 N–H and O–H groups in total. The van der Waals surface area contributed by atoms with E-state index in [2.05, 4.69) is 0 Å². The summed E-state index contributed by atoms with van der Waals surface area (Å²) in [6, 6.07) is 9.91. The standard InChI is InChI=1S/C25H27NO5/c1-16(13-23(27)26-9-11-30-12-10-26)20-14-21-22(18-5-7-19(28-3)8-6-18)15-31-25(21)17(2)24(20)29-4/h5-8,13-15H,9-12H2,1-4H3/b16-13+. The first kappa shape index (κ1) is 21.0. The van der Waals surface area contributed by atoms with Crippen molar-refractivity contribution in [3.05, 3.63) is 53.8 Å². The Labute approximate surface area is 182 Å². The van der Waals surface area contributed by atoms with E-state index in [1.807, 2.05) is 49.1 Å². The summed E-state index contributed by atoms with van der Waals surface area (Å²) in [5, 5.41) is 0.977. The number of morpholine rings is 1. The molecule has 4 rings (SSSR count). The first-order chi connectivity index (χ1) is 15.0. The van der Waals surface area contributed by atoms with E-state index in [1.54, 1.807) is 26.6 Å². The molecule has 2 aromatic carbocycles. The minimum atomic E-state index is -0.0109. The lowest BCUT2D eigenvalue weighted by Gasteiger charge is -2.26. The van der Waals surface area contributed by atoms with Gasteiger partial charge in [0.15, 0.2) is 0 Å². The van der Waals surface area contributed by atoms with Crippen molar-refractivity contribution in [3.8, 4) is 22.6 Å². The van der Waals surface area contributed by atoms with Crippen LogP contribution >= 0.6 is 0 Å². The van der Waals surface area contributed by atoms with Crippen LogP contribution in [0.2, 0.25) is 0 Å². The van der Waals surface area contributed by atoms with Gasteiger partial charge in [0.1, 0.15) is 17.1 Å². The van der Waals surface area contributed by atoms with E-state index in [0.29, 0.717) is 32.1 Å². The normalized spacial score (nSPS) is 14.7. The zero-order valence-electron chi connectivity index (χ0n) is 18.4. The molecule has 0 aliphatic carbocycles. The number of allylic oxidation sites excluding steroid dienone is 1. The predicted octanol–water partition coefficient (Wildman–Crippen LogP) is 4.69. The van der Waals surface area contributed by atoms with Crippen LogP contribution in [-0.2, 0) is 9.53 Å². The van der Waals surface area contributed by atoms with E-state index in [4.69, 9.17) is 18.6 Å². The monoisotopic (exact) mass is 421 g/mol. The molecule has 1 aliphatic heterocycles. The van der Waals surface area contributed by atoms with Crippen molar-refractivity contribution in [3.63, 3.8) is 0 Å². The van der Waals surface area contributed by atoms with Gasteiger partial charge in [-0.1, -0.05) is 12.1 Å². The third-order valence-electron chi connectivity index (χ3n) is 5.74. The number of methoxy groups -OCH3 is 2. The Balaban J connectivity index is 1.78. The van der Waals surface area contributed by atoms with Crippen molar-refractivity contribution >= 4 is 22.4 Å². The first-order valence-corrected chi connectivity index (χ1v) is 10.3. The molecule has 0 atom stereocenters. The topological polar surface area (TPSA) is 61.1 Å². The van der Waals surface area contributed by atoms with Gasteiger partial charge in [0.25, 0.3) is 0 Å². The molecule has 0 unspecified atom stereocenters. The summed E-state index contributed by atoms with van der Waals surface area (Å²) in [6.45, 7) is 6.29. The van der Waals surface area contributed by atoms with Crippen molar-refractivity contribution < 1.29 is 23.4 Å². The van der Waals surface area contributed by atoms with E-state index in [-0.39, 0.29) is 5.91 Å². The lowest BCUT2D eigenvalue weighted by Crippen LogP contribution is -2.39. The summed E-state index contributed by atoms with van der Waals surface area (Å²) in [7, 11) is 3.29. The maximum absolute atomic E-state index is 12.8.